The first-order chi connectivity index (χ1) is 12.8. The van der Waals surface area contributed by atoms with Gasteiger partial charge in [-0.1, -0.05) is 28.9 Å². The molecule has 0 spiro atoms. The van der Waals surface area contributed by atoms with Gasteiger partial charge in [-0.3, -0.25) is 5.32 Å². The molecule has 0 saturated carbocycles. The van der Waals surface area contributed by atoms with E-state index in [9.17, 15) is 19.1 Å². The van der Waals surface area contributed by atoms with Crippen LogP contribution in [0.25, 0.3) is 0 Å². The third-order valence-electron chi connectivity index (χ3n) is 3.40. The normalized spacial score (nSPS) is 11.7. The van der Waals surface area contributed by atoms with Crippen LogP contribution in [0.15, 0.2) is 22.7 Å². The van der Waals surface area contributed by atoms with Crippen LogP contribution in [-0.4, -0.2) is 39.7 Å². The van der Waals surface area contributed by atoms with Crippen LogP contribution in [0.3, 0.4) is 0 Å². The van der Waals surface area contributed by atoms with Crippen LogP contribution in [0.1, 0.15) is 22.8 Å². The van der Waals surface area contributed by atoms with Gasteiger partial charge in [-0.25, -0.2) is 14.0 Å². The molecule has 0 aliphatic carbocycles. The number of hydrogen-bond donors (Lipinski definition) is 4. The van der Waals surface area contributed by atoms with E-state index < -0.39 is 17.8 Å². The van der Waals surface area contributed by atoms with Crippen molar-refractivity contribution in [1.29, 1.82) is 0 Å². The lowest BCUT2D eigenvalue weighted by atomic mass is 10.2. The number of aromatic nitrogens is 1. The van der Waals surface area contributed by atoms with E-state index in [4.69, 9.17) is 9.84 Å². The number of carboxylic acid groups (broad SMARTS) is 1. The molecule has 1 aromatic carbocycles. The van der Waals surface area contributed by atoms with Crippen molar-refractivity contribution < 1.29 is 28.9 Å². The predicted molar refractivity (Wildman–Crippen MR) is 101 cm³/mol. The lowest BCUT2D eigenvalue weighted by molar-refractivity contribution is 0.0693. The number of halogens is 2. The first-order valence-electron chi connectivity index (χ1n) is 7.77. The molecule has 11 heteroatoms. The fourth-order valence-electron chi connectivity index (χ4n) is 1.91. The number of carbonyl (C=O) groups excluding carboxylic acids is 1. The van der Waals surface area contributed by atoms with Gasteiger partial charge in [0.1, 0.15) is 17.4 Å². The molecule has 0 fully saturated rings. The van der Waals surface area contributed by atoms with Gasteiger partial charge in [0.25, 0.3) is 0 Å². The summed E-state index contributed by atoms with van der Waals surface area (Å²) in [5, 5.41) is 23.2. The van der Waals surface area contributed by atoms with Crippen LogP contribution in [0.5, 0.6) is 5.88 Å². The van der Waals surface area contributed by atoms with Crippen LogP contribution in [-0.2, 0) is 6.61 Å². The highest BCUT2D eigenvalue weighted by atomic mass is 79.9. The number of aliphatic hydroxyl groups excluding tert-OH is 1. The number of carbonyl (C=O) groups is 2. The Morgan fingerprint density at radius 1 is 1.44 bits per heavy atom. The van der Waals surface area contributed by atoms with Gasteiger partial charge in [-0.2, -0.15) is 4.37 Å². The van der Waals surface area contributed by atoms with E-state index >= 15 is 0 Å². The predicted octanol–water partition coefficient (Wildman–Crippen LogP) is 3.07. The van der Waals surface area contributed by atoms with Crippen molar-refractivity contribution in [3.8, 4) is 5.88 Å². The number of benzene rings is 1. The average Bonchev–Trinajstić information content (AvgIpc) is 3.01. The lowest BCUT2D eigenvalue weighted by Crippen LogP contribution is -2.33. The molecule has 1 heterocycles. The number of nitrogens with zero attached hydrogens (tertiary/aromatic N) is 1. The number of hydrogen-bond acceptors (Lipinski definition) is 6. The third kappa shape index (κ3) is 5.88. The van der Waals surface area contributed by atoms with E-state index in [1.807, 2.05) is 0 Å². The van der Waals surface area contributed by atoms with Gasteiger partial charge in [0.15, 0.2) is 5.56 Å². The minimum Gasteiger partial charge on any atom is -0.477 e. The summed E-state index contributed by atoms with van der Waals surface area (Å²) in [4.78, 5) is 23.4. The van der Waals surface area contributed by atoms with Gasteiger partial charge in [0.2, 0.25) is 5.88 Å². The maximum atomic E-state index is 13.8. The summed E-state index contributed by atoms with van der Waals surface area (Å²) < 4.78 is 23.6. The molecule has 8 nitrogen and oxygen atoms in total. The lowest BCUT2D eigenvalue weighted by Gasteiger charge is -2.10. The van der Waals surface area contributed by atoms with Gasteiger partial charge in [0, 0.05) is 23.2 Å². The van der Waals surface area contributed by atoms with Crippen molar-refractivity contribution in [2.24, 2.45) is 5.92 Å². The molecule has 0 saturated heterocycles. The van der Waals surface area contributed by atoms with E-state index in [-0.39, 0.29) is 47.7 Å². The summed E-state index contributed by atoms with van der Waals surface area (Å²) in [5.74, 6) is -2.20. The van der Waals surface area contributed by atoms with Crippen molar-refractivity contribution in [3.63, 3.8) is 0 Å². The van der Waals surface area contributed by atoms with Crippen molar-refractivity contribution in [2.45, 2.75) is 13.5 Å². The summed E-state index contributed by atoms with van der Waals surface area (Å²) in [7, 11) is 0. The van der Waals surface area contributed by atoms with Crippen LogP contribution >= 0.6 is 27.5 Å². The summed E-state index contributed by atoms with van der Waals surface area (Å²) in [6.07, 6.45) is 0. The standard InChI is InChI=1S/C16H17BrFN3O5S/c1-8(6-22)5-19-16(25)20-14-12(15(23)24)13(21-27-14)26-7-9-2-3-10(17)4-11(9)18/h2-4,8,22H,5-7H2,1H3,(H,23,24)(H2,19,20,25). The van der Waals surface area contributed by atoms with E-state index in [1.165, 1.54) is 12.1 Å². The van der Waals surface area contributed by atoms with Gasteiger partial charge >= 0.3 is 12.0 Å². The van der Waals surface area contributed by atoms with Gasteiger partial charge in [-0.05, 0) is 29.6 Å². The minimum absolute atomic E-state index is 0.0112. The van der Waals surface area contributed by atoms with Crippen LogP contribution in [0.2, 0.25) is 0 Å². The quantitative estimate of drug-likeness (QED) is 0.479. The van der Waals surface area contributed by atoms with Gasteiger partial charge in [-0.15, -0.1) is 0 Å². The smallest absolute Gasteiger partial charge is 0.344 e. The maximum Gasteiger partial charge on any atom is 0.344 e. The van der Waals surface area contributed by atoms with Crippen LogP contribution < -0.4 is 15.4 Å². The molecule has 0 radical (unpaired) electrons. The molecule has 2 aromatic rings. The van der Waals surface area contributed by atoms with Crippen LogP contribution in [0.4, 0.5) is 14.2 Å². The molecular formula is C16H17BrFN3O5S. The molecule has 4 N–H and O–H groups in total. The highest BCUT2D eigenvalue weighted by Crippen LogP contribution is 2.31. The van der Waals surface area contributed by atoms with Gasteiger partial charge in [0.05, 0.1) is 0 Å². The zero-order valence-electron chi connectivity index (χ0n) is 14.2. The molecule has 27 heavy (non-hydrogen) atoms. The molecule has 0 aliphatic heterocycles. The Morgan fingerprint density at radius 3 is 2.81 bits per heavy atom. The topological polar surface area (TPSA) is 121 Å². The molecule has 0 bridgehead atoms. The molecule has 1 unspecified atom stereocenters. The summed E-state index contributed by atoms with van der Waals surface area (Å²) in [6.45, 7) is 1.65. The van der Waals surface area contributed by atoms with Crippen molar-refractivity contribution in [3.05, 3.63) is 39.6 Å². The highest BCUT2D eigenvalue weighted by molar-refractivity contribution is 9.10. The second kappa shape index (κ2) is 9.62. The fraction of sp³-hybridized carbons (Fsp3) is 0.312. The second-order valence-electron chi connectivity index (χ2n) is 5.64. The Balaban J connectivity index is 2.07. The molecule has 0 aliphatic rings. The number of nitrogens with one attached hydrogen (secondary N) is 2. The first-order valence-corrected chi connectivity index (χ1v) is 9.33. The number of anilines is 1. The highest BCUT2D eigenvalue weighted by Gasteiger charge is 2.23. The van der Waals surface area contributed by atoms with E-state index in [0.29, 0.717) is 4.47 Å². The fourth-order valence-corrected chi connectivity index (χ4v) is 2.97. The Labute approximate surface area is 166 Å². The van der Waals surface area contributed by atoms with Crippen LogP contribution in [0, 0.1) is 11.7 Å². The van der Waals surface area contributed by atoms with E-state index in [2.05, 4.69) is 30.9 Å². The summed E-state index contributed by atoms with van der Waals surface area (Å²) in [5.41, 5.74) is -0.0874. The average molecular weight is 462 g/mol. The molecule has 2 amide bonds. The molecule has 2 rings (SSSR count). The van der Waals surface area contributed by atoms with Crippen molar-refractivity contribution >= 4 is 44.5 Å². The zero-order valence-corrected chi connectivity index (χ0v) is 16.6. The minimum atomic E-state index is -1.34. The SMILES string of the molecule is CC(CO)CNC(=O)Nc1snc(OCc2ccc(Br)cc2F)c1C(=O)O. The second-order valence-corrected chi connectivity index (χ2v) is 7.33. The number of rotatable bonds is 8. The Hall–Kier alpha value is -2.24. The van der Waals surface area contributed by atoms with Crippen molar-refractivity contribution in [2.75, 3.05) is 18.5 Å². The Bertz CT molecular complexity index is 832. The number of aliphatic hydroxyl groups is 1. The number of ether oxygens (including phenoxy) is 1. The molecule has 1 aromatic heterocycles. The molecule has 1 atom stereocenters. The Kier molecular flexibility index (Phi) is 7.51. The molecule has 146 valence electrons. The number of aromatic carboxylic acids is 1. The number of carboxylic acids is 1. The monoisotopic (exact) mass is 461 g/mol. The third-order valence-corrected chi connectivity index (χ3v) is 4.64. The summed E-state index contributed by atoms with van der Waals surface area (Å²) in [6, 6.07) is 3.77. The van der Waals surface area contributed by atoms with Gasteiger partial charge < -0.3 is 20.3 Å². The number of amides is 2. The molecular weight excluding hydrogens is 445 g/mol. The maximum absolute atomic E-state index is 13.8. The Morgan fingerprint density at radius 2 is 2.19 bits per heavy atom. The van der Waals surface area contributed by atoms with Crippen molar-refractivity contribution in [1.82, 2.24) is 9.69 Å². The summed E-state index contributed by atoms with van der Waals surface area (Å²) >= 11 is 3.88. The zero-order chi connectivity index (χ0) is 20.0. The first kappa shape index (κ1) is 21.1. The van der Waals surface area contributed by atoms with E-state index in [0.717, 1.165) is 11.5 Å². The largest absolute Gasteiger partial charge is 0.477 e. The number of urea groups is 1. The van der Waals surface area contributed by atoms with E-state index in [1.54, 1.807) is 13.0 Å².